The second-order valence-electron chi connectivity index (χ2n) is 15.7. The summed E-state index contributed by atoms with van der Waals surface area (Å²) in [5.41, 5.74) is 12.6. The molecule has 0 saturated heterocycles. The third kappa shape index (κ3) is 9.39. The highest BCUT2D eigenvalue weighted by atomic mass is 31.2. The molecule has 7 N–H and O–H groups in total. The number of phosphoric acid groups is 1. The zero-order chi connectivity index (χ0) is 39.5. The number of aryl methyl sites for hydroxylation is 1. The number of primary amides is 1. The molecule has 3 aliphatic carbocycles. The number of carbonyl (C=O) groups excluding carboxylic acids is 3. The summed E-state index contributed by atoms with van der Waals surface area (Å²) >= 11 is 0. The Bertz CT molecular complexity index is 1740. The maximum atomic E-state index is 13.4. The van der Waals surface area contributed by atoms with Crippen LogP contribution in [0.1, 0.15) is 120 Å². The van der Waals surface area contributed by atoms with E-state index in [0.717, 1.165) is 38.5 Å². The van der Waals surface area contributed by atoms with E-state index in [1.54, 1.807) is 27.7 Å². The minimum atomic E-state index is -3.81. The van der Waals surface area contributed by atoms with E-state index in [9.17, 15) is 34.3 Å². The lowest BCUT2D eigenvalue weighted by atomic mass is 9.55. The summed E-state index contributed by atoms with van der Waals surface area (Å²) in [7, 11) is -3.81. The van der Waals surface area contributed by atoms with Crippen molar-refractivity contribution >= 4 is 31.4 Å². The number of aliphatic hydroxyl groups excluding tert-OH is 2. The second kappa shape index (κ2) is 17.0. The minimum Gasteiger partial charge on any atom is -0.505 e. The monoisotopic (exact) mass is 774 g/mol. The number of amides is 1. The molecule has 2 aromatic carbocycles. The number of aromatic hydroxyl groups is 1. The molecule has 54 heavy (non-hydrogen) atoms. The van der Waals surface area contributed by atoms with Crippen LogP contribution in [0.5, 0.6) is 17.2 Å². The molecule has 0 spiro atoms. The lowest BCUT2D eigenvalue weighted by Gasteiger charge is -2.50. The lowest BCUT2D eigenvalue weighted by Crippen LogP contribution is -2.45. The standard InChI is InChI=1S/C39H55N2O12P/c1-21(2)51-54(48,52-22(3)4)53-24-7-9-25-23(20-24)6-8-27-26(25)18-19-39(5)28(27)10-15-33(39)50-35(45)17-13-31(43)30(42)12-16-34(44)49-32-14-11-29(40)37(46)36(32)38(41)47/h7,9,11,14,20-22,26-28,30-31,33,42-43,46H,6,8,10,12-13,15-19,40H2,1-5H3,(H2,41,47). The molecule has 3 aliphatic rings. The van der Waals surface area contributed by atoms with Gasteiger partial charge in [0.2, 0.25) is 0 Å². The summed E-state index contributed by atoms with van der Waals surface area (Å²) in [4.78, 5) is 37.2. The highest BCUT2D eigenvalue weighted by Gasteiger charge is 2.56. The van der Waals surface area contributed by atoms with Gasteiger partial charge in [-0.05, 0) is 132 Å². The molecule has 2 aromatic rings. The number of hydrogen-bond acceptors (Lipinski definition) is 13. The Kier molecular flexibility index (Phi) is 13.1. The summed E-state index contributed by atoms with van der Waals surface area (Å²) in [6.45, 7) is 9.36. The van der Waals surface area contributed by atoms with Crippen LogP contribution in [0.4, 0.5) is 5.69 Å². The Morgan fingerprint density at radius 2 is 1.57 bits per heavy atom. The van der Waals surface area contributed by atoms with Crippen molar-refractivity contribution in [2.24, 2.45) is 23.0 Å². The number of phenols is 1. The summed E-state index contributed by atoms with van der Waals surface area (Å²) in [6.07, 6.45) is 1.17. The number of anilines is 1. The maximum Gasteiger partial charge on any atom is 0.530 e. The summed E-state index contributed by atoms with van der Waals surface area (Å²) in [6, 6.07) is 8.36. The minimum absolute atomic E-state index is 0.0601. The zero-order valence-corrected chi connectivity index (χ0v) is 32.6. The largest absolute Gasteiger partial charge is 0.530 e. The number of benzene rings is 2. The van der Waals surface area contributed by atoms with Gasteiger partial charge in [-0.2, -0.15) is 0 Å². The van der Waals surface area contributed by atoms with Gasteiger partial charge in [-0.15, -0.1) is 0 Å². The van der Waals surface area contributed by atoms with E-state index >= 15 is 0 Å². The maximum absolute atomic E-state index is 13.4. The van der Waals surface area contributed by atoms with E-state index in [2.05, 4.69) is 13.0 Å². The number of ether oxygens (including phenoxy) is 2. The van der Waals surface area contributed by atoms with Crippen LogP contribution < -0.4 is 20.7 Å². The van der Waals surface area contributed by atoms with Crippen molar-refractivity contribution in [3.8, 4) is 17.2 Å². The van der Waals surface area contributed by atoms with E-state index in [4.69, 9.17) is 34.5 Å². The molecular formula is C39H55N2O12P. The molecule has 0 aromatic heterocycles. The van der Waals surface area contributed by atoms with E-state index in [-0.39, 0.29) is 60.8 Å². The average Bonchev–Trinajstić information content (AvgIpc) is 3.41. The Morgan fingerprint density at radius 1 is 0.926 bits per heavy atom. The Hall–Kier alpha value is -3.68. The van der Waals surface area contributed by atoms with Gasteiger partial charge < -0.3 is 40.8 Å². The third-order valence-corrected chi connectivity index (χ3v) is 12.9. The van der Waals surface area contributed by atoms with Gasteiger partial charge in [-0.25, -0.2) is 4.57 Å². The van der Waals surface area contributed by atoms with Crippen molar-refractivity contribution in [1.82, 2.24) is 0 Å². The second-order valence-corrected chi connectivity index (χ2v) is 17.1. The van der Waals surface area contributed by atoms with Crippen molar-refractivity contribution in [1.29, 1.82) is 0 Å². The fourth-order valence-electron chi connectivity index (χ4n) is 8.69. The quantitative estimate of drug-likeness (QED) is 0.0430. The van der Waals surface area contributed by atoms with Gasteiger partial charge in [0.15, 0.2) is 5.75 Å². The first-order chi connectivity index (χ1) is 25.4. The van der Waals surface area contributed by atoms with Gasteiger partial charge in [-0.1, -0.05) is 13.0 Å². The topological polar surface area (TPSA) is 227 Å². The van der Waals surface area contributed by atoms with Crippen molar-refractivity contribution in [3.63, 3.8) is 0 Å². The summed E-state index contributed by atoms with van der Waals surface area (Å²) in [5, 5.41) is 31.1. The van der Waals surface area contributed by atoms with Crippen LogP contribution in [0.25, 0.3) is 0 Å². The third-order valence-electron chi connectivity index (χ3n) is 11.2. The van der Waals surface area contributed by atoms with Crippen molar-refractivity contribution in [2.75, 3.05) is 5.73 Å². The zero-order valence-electron chi connectivity index (χ0n) is 31.7. The van der Waals surface area contributed by atoms with Gasteiger partial charge in [0.25, 0.3) is 5.91 Å². The molecule has 0 bridgehead atoms. The van der Waals surface area contributed by atoms with Crippen LogP contribution in [0.2, 0.25) is 0 Å². The number of fused-ring (bicyclic) bond motifs is 5. The molecule has 1 amide bonds. The number of hydrogen-bond donors (Lipinski definition) is 5. The van der Waals surface area contributed by atoms with Crippen LogP contribution in [-0.4, -0.2) is 63.7 Å². The number of nitrogen functional groups attached to an aromatic ring is 1. The van der Waals surface area contributed by atoms with Crippen LogP contribution in [0.3, 0.4) is 0 Å². The Balaban J connectivity index is 1.11. The molecule has 2 fully saturated rings. The highest BCUT2D eigenvalue weighted by Crippen LogP contribution is 2.62. The number of esters is 2. The van der Waals surface area contributed by atoms with Crippen molar-refractivity contribution < 1.29 is 57.3 Å². The molecule has 0 radical (unpaired) electrons. The van der Waals surface area contributed by atoms with E-state index < -0.39 is 49.2 Å². The molecule has 14 nitrogen and oxygen atoms in total. The first-order valence-electron chi connectivity index (χ1n) is 18.9. The first-order valence-corrected chi connectivity index (χ1v) is 20.3. The van der Waals surface area contributed by atoms with Crippen LogP contribution in [0, 0.1) is 17.3 Å². The Morgan fingerprint density at radius 3 is 2.20 bits per heavy atom. The fraction of sp³-hybridized carbons (Fsp3) is 0.615. The number of rotatable bonds is 16. The van der Waals surface area contributed by atoms with E-state index in [0.29, 0.717) is 23.5 Å². The highest BCUT2D eigenvalue weighted by molar-refractivity contribution is 7.49. The Labute approximate surface area is 316 Å². The normalized spacial score (nSPS) is 24.6. The van der Waals surface area contributed by atoms with Crippen molar-refractivity contribution in [3.05, 3.63) is 47.0 Å². The first kappa shape index (κ1) is 41.5. The van der Waals surface area contributed by atoms with Gasteiger partial charge in [0, 0.05) is 18.3 Å². The average molecular weight is 775 g/mol. The smallest absolute Gasteiger partial charge is 0.505 e. The summed E-state index contributed by atoms with van der Waals surface area (Å²) in [5.74, 6) is -1.57. The van der Waals surface area contributed by atoms with Gasteiger partial charge in [-0.3, -0.25) is 23.4 Å². The molecule has 7 atom stereocenters. The van der Waals surface area contributed by atoms with Gasteiger partial charge in [0.05, 0.1) is 30.1 Å². The van der Waals surface area contributed by atoms with E-state index in [1.165, 1.54) is 23.3 Å². The van der Waals surface area contributed by atoms with Gasteiger partial charge >= 0.3 is 19.8 Å². The van der Waals surface area contributed by atoms with Gasteiger partial charge in [0.1, 0.15) is 23.2 Å². The molecule has 0 aliphatic heterocycles. The predicted molar refractivity (Wildman–Crippen MR) is 199 cm³/mol. The molecule has 2 saturated carbocycles. The SMILES string of the molecule is CC(C)OP(=O)(Oc1ccc2c(c1)CCC1C2CCC2(C)C(OC(=O)CCC(O)C(O)CCC(=O)Oc3ccc(N)c(O)c3C(N)=O)CCC12)OC(C)C. The lowest BCUT2D eigenvalue weighted by molar-refractivity contribution is -0.158. The number of nitrogens with two attached hydrogens (primary N) is 2. The molecule has 7 unspecified atom stereocenters. The molecular weight excluding hydrogens is 719 g/mol. The molecule has 5 rings (SSSR count). The number of phosphoric ester groups is 1. The number of aliphatic hydroxyl groups is 2. The van der Waals surface area contributed by atoms with Crippen molar-refractivity contribution in [2.45, 2.75) is 135 Å². The predicted octanol–water partition coefficient (Wildman–Crippen LogP) is 6.07. The van der Waals surface area contributed by atoms with E-state index in [1.807, 2.05) is 12.1 Å². The molecule has 15 heteroatoms. The van der Waals surface area contributed by atoms with Crippen LogP contribution >= 0.6 is 7.82 Å². The van der Waals surface area contributed by atoms with Crippen LogP contribution in [0.15, 0.2) is 30.3 Å². The number of carbonyl (C=O) groups is 3. The van der Waals surface area contributed by atoms with Crippen LogP contribution in [-0.2, 0) is 34.4 Å². The summed E-state index contributed by atoms with van der Waals surface area (Å²) < 4.78 is 41.6. The fourth-order valence-corrected chi connectivity index (χ4v) is 10.2. The molecule has 298 valence electrons. The molecule has 0 heterocycles.